The van der Waals surface area contributed by atoms with Gasteiger partial charge in [0, 0.05) is 12.3 Å². The van der Waals surface area contributed by atoms with Gasteiger partial charge >= 0.3 is 0 Å². The summed E-state index contributed by atoms with van der Waals surface area (Å²) in [6.07, 6.45) is 1.32. The highest BCUT2D eigenvalue weighted by Gasteiger charge is 2.18. The molecule has 0 aliphatic heterocycles. The Bertz CT molecular complexity index is 1520. The molecular formula is C27H25N3O4S. The second-order valence-electron chi connectivity index (χ2n) is 7.96. The maximum Gasteiger partial charge on any atom is 0.271 e. The van der Waals surface area contributed by atoms with Crippen molar-refractivity contribution in [2.75, 3.05) is 14.2 Å². The van der Waals surface area contributed by atoms with Crippen molar-refractivity contribution >= 4 is 24.1 Å². The Morgan fingerprint density at radius 1 is 0.857 bits per heavy atom. The Kier molecular flexibility index (Phi) is 6.84. The van der Waals surface area contributed by atoms with E-state index in [4.69, 9.17) is 21.7 Å². The van der Waals surface area contributed by atoms with Crippen LogP contribution in [0.15, 0.2) is 76.5 Å². The van der Waals surface area contributed by atoms with Crippen LogP contribution in [0, 0.1) is 18.6 Å². The zero-order valence-corrected chi connectivity index (χ0v) is 20.7. The summed E-state index contributed by atoms with van der Waals surface area (Å²) in [6, 6.07) is 20.1. The highest BCUT2D eigenvalue weighted by atomic mass is 32.1. The Balaban J connectivity index is 1.99. The lowest BCUT2D eigenvalue weighted by molar-refractivity contribution is 0.404. The zero-order valence-electron chi connectivity index (χ0n) is 19.9. The lowest BCUT2D eigenvalue weighted by Crippen LogP contribution is -2.27. The third kappa shape index (κ3) is 4.74. The molecule has 0 saturated carbocycles. The van der Waals surface area contributed by atoms with E-state index in [9.17, 15) is 9.90 Å². The third-order valence-corrected chi connectivity index (χ3v) is 5.94. The van der Waals surface area contributed by atoms with Crippen LogP contribution in [-0.4, -0.2) is 34.7 Å². The molecular weight excluding hydrogens is 462 g/mol. The number of ether oxygens (including phenoxy) is 2. The lowest BCUT2D eigenvalue weighted by Gasteiger charge is -2.17. The van der Waals surface area contributed by atoms with Gasteiger partial charge in [-0.3, -0.25) is 18.9 Å². The molecule has 178 valence electrons. The summed E-state index contributed by atoms with van der Waals surface area (Å²) in [5.74, 6) is 0.763. The van der Waals surface area contributed by atoms with Gasteiger partial charge in [0.25, 0.3) is 5.56 Å². The number of hydrogen-bond donors (Lipinski definition) is 1. The van der Waals surface area contributed by atoms with Gasteiger partial charge in [-0.25, -0.2) is 0 Å². The van der Waals surface area contributed by atoms with Gasteiger partial charge in [0.2, 0.25) is 5.88 Å². The number of aliphatic imine (C=N–C) groups is 1. The van der Waals surface area contributed by atoms with Gasteiger partial charge in [0.1, 0.15) is 22.7 Å². The monoisotopic (exact) mass is 487 g/mol. The standard InChI is InChI=1S/C27H25N3O4S/c1-17-5-9-19(10-6-17)29-25(31)22(16-28-23-15-21(33-3)13-14-24(23)34-4)26(32)30(27(29)35)20-11-7-18(2)8-12-20/h5-16,31H,1-4H3. The summed E-state index contributed by atoms with van der Waals surface area (Å²) in [5, 5.41) is 11.2. The summed E-state index contributed by atoms with van der Waals surface area (Å²) in [6.45, 7) is 3.93. The summed E-state index contributed by atoms with van der Waals surface area (Å²) in [5.41, 5.74) is 3.22. The van der Waals surface area contributed by atoms with E-state index < -0.39 is 5.56 Å². The molecule has 0 aliphatic rings. The third-order valence-electron chi connectivity index (χ3n) is 5.57. The Hall–Kier alpha value is -4.17. The van der Waals surface area contributed by atoms with Crippen LogP contribution in [0.4, 0.5) is 5.69 Å². The van der Waals surface area contributed by atoms with Crippen LogP contribution in [-0.2, 0) is 0 Å². The summed E-state index contributed by atoms with van der Waals surface area (Å²) >= 11 is 5.69. The van der Waals surface area contributed by atoms with Gasteiger partial charge in [-0.15, -0.1) is 0 Å². The van der Waals surface area contributed by atoms with Crippen LogP contribution in [0.1, 0.15) is 16.7 Å². The fraction of sp³-hybridized carbons (Fsp3) is 0.148. The Labute approximate surface area is 208 Å². The molecule has 4 aromatic rings. The smallest absolute Gasteiger partial charge is 0.271 e. The van der Waals surface area contributed by atoms with Gasteiger partial charge in [0.15, 0.2) is 4.77 Å². The van der Waals surface area contributed by atoms with Gasteiger partial charge in [-0.2, -0.15) is 0 Å². The highest BCUT2D eigenvalue weighted by molar-refractivity contribution is 7.71. The van der Waals surface area contributed by atoms with Crippen molar-refractivity contribution in [1.29, 1.82) is 0 Å². The summed E-state index contributed by atoms with van der Waals surface area (Å²) in [7, 11) is 3.08. The van der Waals surface area contributed by atoms with Crippen molar-refractivity contribution in [3.05, 3.63) is 98.5 Å². The molecule has 1 heterocycles. The van der Waals surface area contributed by atoms with Gasteiger partial charge in [-0.05, 0) is 62.5 Å². The number of aromatic hydroxyl groups is 1. The number of aryl methyl sites for hydroxylation is 2. The first-order chi connectivity index (χ1) is 16.8. The number of hydrogen-bond acceptors (Lipinski definition) is 6. The van der Waals surface area contributed by atoms with E-state index in [1.54, 1.807) is 25.3 Å². The molecule has 0 radical (unpaired) electrons. The molecule has 8 heteroatoms. The van der Waals surface area contributed by atoms with E-state index >= 15 is 0 Å². The molecule has 0 bridgehead atoms. The van der Waals surface area contributed by atoms with Crippen LogP contribution in [0.3, 0.4) is 0 Å². The van der Waals surface area contributed by atoms with Gasteiger partial charge in [-0.1, -0.05) is 35.4 Å². The van der Waals surface area contributed by atoms with Crippen molar-refractivity contribution in [2.45, 2.75) is 13.8 Å². The first-order valence-electron chi connectivity index (χ1n) is 10.8. The average Bonchev–Trinajstić information content (AvgIpc) is 2.86. The van der Waals surface area contributed by atoms with E-state index in [0.29, 0.717) is 28.6 Å². The van der Waals surface area contributed by atoms with Crippen LogP contribution < -0.4 is 15.0 Å². The Morgan fingerprint density at radius 2 is 1.43 bits per heavy atom. The molecule has 0 spiro atoms. The molecule has 0 aliphatic carbocycles. The van der Waals surface area contributed by atoms with E-state index in [2.05, 4.69) is 4.99 Å². The quantitative estimate of drug-likeness (QED) is 0.289. The minimum atomic E-state index is -0.495. The number of nitrogens with zero attached hydrogens (tertiary/aromatic N) is 3. The molecule has 4 rings (SSSR count). The zero-order chi connectivity index (χ0) is 25.1. The number of benzene rings is 3. The normalized spacial score (nSPS) is 11.1. The molecule has 1 aromatic heterocycles. The summed E-state index contributed by atoms with van der Waals surface area (Å²) in [4.78, 5) is 18.1. The molecule has 7 nitrogen and oxygen atoms in total. The van der Waals surface area contributed by atoms with Gasteiger partial charge < -0.3 is 14.6 Å². The minimum Gasteiger partial charge on any atom is -0.497 e. The first-order valence-corrected chi connectivity index (χ1v) is 11.3. The van der Waals surface area contributed by atoms with Crippen LogP contribution in [0.2, 0.25) is 0 Å². The van der Waals surface area contributed by atoms with E-state index in [1.807, 2.05) is 62.4 Å². The average molecular weight is 488 g/mol. The van der Waals surface area contributed by atoms with Crippen molar-refractivity contribution in [3.63, 3.8) is 0 Å². The highest BCUT2D eigenvalue weighted by Crippen LogP contribution is 2.32. The molecule has 0 unspecified atom stereocenters. The van der Waals surface area contributed by atoms with Gasteiger partial charge in [0.05, 0.1) is 25.6 Å². The largest absolute Gasteiger partial charge is 0.497 e. The summed E-state index contributed by atoms with van der Waals surface area (Å²) < 4.78 is 13.6. The lowest BCUT2D eigenvalue weighted by atomic mass is 10.2. The SMILES string of the molecule is COc1ccc(OC)c(N=Cc2c(O)n(-c3ccc(C)cc3)c(=S)n(-c3ccc(C)cc3)c2=O)c1. The molecule has 1 N–H and O–H groups in total. The topological polar surface area (TPSA) is 78.0 Å². The van der Waals surface area contributed by atoms with Crippen molar-refractivity contribution in [2.24, 2.45) is 4.99 Å². The van der Waals surface area contributed by atoms with Crippen LogP contribution >= 0.6 is 12.2 Å². The molecule has 0 fully saturated rings. The number of rotatable bonds is 6. The van der Waals surface area contributed by atoms with Crippen LogP contribution in [0.25, 0.3) is 11.4 Å². The fourth-order valence-electron chi connectivity index (χ4n) is 3.61. The van der Waals surface area contributed by atoms with E-state index in [1.165, 1.54) is 22.5 Å². The number of methoxy groups -OCH3 is 2. The van der Waals surface area contributed by atoms with E-state index in [-0.39, 0.29) is 16.2 Å². The second-order valence-corrected chi connectivity index (χ2v) is 8.33. The fourth-order valence-corrected chi connectivity index (χ4v) is 3.99. The molecule has 3 aromatic carbocycles. The van der Waals surface area contributed by atoms with Crippen molar-refractivity contribution < 1.29 is 14.6 Å². The van der Waals surface area contributed by atoms with Crippen molar-refractivity contribution in [1.82, 2.24) is 9.13 Å². The maximum absolute atomic E-state index is 13.6. The molecule has 0 atom stereocenters. The molecule has 0 amide bonds. The number of aromatic nitrogens is 2. The van der Waals surface area contributed by atoms with Crippen molar-refractivity contribution in [3.8, 4) is 28.8 Å². The molecule has 35 heavy (non-hydrogen) atoms. The predicted octanol–water partition coefficient (Wildman–Crippen LogP) is 5.45. The van der Waals surface area contributed by atoms with Crippen LogP contribution in [0.5, 0.6) is 17.4 Å². The Morgan fingerprint density at radius 3 is 1.97 bits per heavy atom. The first kappa shape index (κ1) is 24.0. The second kappa shape index (κ2) is 9.99. The maximum atomic E-state index is 13.6. The predicted molar refractivity (Wildman–Crippen MR) is 140 cm³/mol. The minimum absolute atomic E-state index is 0.0235. The van der Waals surface area contributed by atoms with E-state index in [0.717, 1.165) is 11.1 Å². The molecule has 0 saturated heterocycles.